The van der Waals surface area contributed by atoms with Crippen molar-refractivity contribution in [3.63, 3.8) is 0 Å². The lowest BCUT2D eigenvalue weighted by molar-refractivity contribution is -0.140. The first kappa shape index (κ1) is 25.4. The van der Waals surface area contributed by atoms with Gasteiger partial charge in [0.25, 0.3) is 0 Å². The minimum Gasteiger partial charge on any atom is -0.469 e. The van der Waals surface area contributed by atoms with Gasteiger partial charge in [0, 0.05) is 22.7 Å². The largest absolute Gasteiger partial charge is 0.469 e. The van der Waals surface area contributed by atoms with E-state index >= 15 is 0 Å². The van der Waals surface area contributed by atoms with Crippen molar-refractivity contribution in [3.05, 3.63) is 12.2 Å². The van der Waals surface area contributed by atoms with Gasteiger partial charge in [-0.2, -0.15) is 0 Å². The van der Waals surface area contributed by atoms with E-state index in [0.717, 1.165) is 51.4 Å². The number of rotatable bonds is 12. The highest BCUT2D eigenvalue weighted by atomic mass is 127. The van der Waals surface area contributed by atoms with Crippen LogP contribution in [0, 0.1) is 17.3 Å². The van der Waals surface area contributed by atoms with E-state index in [1.807, 2.05) is 12.2 Å². The molecule has 2 unspecified atom stereocenters. The van der Waals surface area contributed by atoms with Gasteiger partial charge in [-0.05, 0) is 56.3 Å². The molecule has 0 aromatic carbocycles. The molecule has 3 fully saturated rings. The van der Waals surface area contributed by atoms with Crippen molar-refractivity contribution in [3.8, 4) is 0 Å². The summed E-state index contributed by atoms with van der Waals surface area (Å²) in [6.07, 6.45) is 12.2. The number of carbonyl (C=O) groups is 1. The van der Waals surface area contributed by atoms with Gasteiger partial charge in [-0.25, -0.2) is 0 Å². The van der Waals surface area contributed by atoms with Crippen LogP contribution >= 0.6 is 22.6 Å². The molecule has 0 aromatic rings. The zero-order valence-corrected chi connectivity index (χ0v) is 20.7. The Morgan fingerprint density at radius 2 is 2.10 bits per heavy atom. The zero-order valence-electron chi connectivity index (χ0n) is 18.6. The number of alkyl halides is 2. The number of unbranched alkanes of at least 4 members (excludes halogenated alkanes) is 1. The first-order valence-corrected chi connectivity index (χ1v) is 13.1. The molecule has 2 N–H and O–H groups in total. The quantitative estimate of drug-likeness (QED) is 0.123. The van der Waals surface area contributed by atoms with Gasteiger partial charge < -0.3 is 19.7 Å². The molecule has 0 radical (unpaired) electrons. The molecule has 2 saturated carbocycles. The van der Waals surface area contributed by atoms with Crippen LogP contribution in [0.2, 0.25) is 0 Å². The lowest BCUT2D eigenvalue weighted by Crippen LogP contribution is -2.40. The third-order valence-corrected chi connectivity index (χ3v) is 9.21. The molecule has 5 nitrogen and oxygen atoms in total. The minimum atomic E-state index is -0.527. The average Bonchev–Trinajstić information content (AvgIpc) is 3.25. The monoisotopic (exact) mass is 552 g/mol. The smallest absolute Gasteiger partial charge is 0.305 e. The van der Waals surface area contributed by atoms with E-state index in [1.54, 1.807) is 0 Å². The molecule has 31 heavy (non-hydrogen) atoms. The summed E-state index contributed by atoms with van der Waals surface area (Å²) in [5.74, 6) is 0.102. The van der Waals surface area contributed by atoms with Gasteiger partial charge in [-0.15, -0.1) is 0 Å². The summed E-state index contributed by atoms with van der Waals surface area (Å²) in [5.41, 5.74) is -0.101. The predicted molar refractivity (Wildman–Crippen MR) is 126 cm³/mol. The molecule has 1 heterocycles. The van der Waals surface area contributed by atoms with Crippen molar-refractivity contribution >= 4 is 28.6 Å². The second-order valence-electron chi connectivity index (χ2n) is 9.67. The van der Waals surface area contributed by atoms with Crippen molar-refractivity contribution < 1.29 is 28.9 Å². The number of aliphatic hydroxyl groups is 2. The van der Waals surface area contributed by atoms with Gasteiger partial charge in [0.05, 0.1) is 38.2 Å². The molecular formula is C24H38FIO5. The van der Waals surface area contributed by atoms with E-state index < -0.39 is 12.2 Å². The number of hydrogen-bond donors (Lipinski definition) is 2. The van der Waals surface area contributed by atoms with Crippen LogP contribution in [0.3, 0.4) is 0 Å². The summed E-state index contributed by atoms with van der Waals surface area (Å²) in [6, 6.07) is 0. The Bertz CT molecular complexity index is 611. The Labute approximate surface area is 199 Å². The maximum absolute atomic E-state index is 12.5. The van der Waals surface area contributed by atoms with Crippen LogP contribution in [0.4, 0.5) is 4.39 Å². The lowest BCUT2D eigenvalue weighted by Gasteiger charge is -2.45. The first-order chi connectivity index (χ1) is 14.9. The van der Waals surface area contributed by atoms with Gasteiger partial charge in [-0.1, -0.05) is 47.6 Å². The fourth-order valence-corrected chi connectivity index (χ4v) is 6.59. The van der Waals surface area contributed by atoms with Crippen LogP contribution in [0.15, 0.2) is 12.2 Å². The third kappa shape index (κ3) is 6.21. The Kier molecular flexibility index (Phi) is 9.62. The van der Waals surface area contributed by atoms with Crippen molar-refractivity contribution in [1.29, 1.82) is 0 Å². The molecule has 0 bridgehead atoms. The molecule has 7 atom stereocenters. The van der Waals surface area contributed by atoms with E-state index in [-0.39, 0.29) is 42.1 Å². The summed E-state index contributed by atoms with van der Waals surface area (Å²) in [4.78, 5) is 11.3. The normalized spacial score (nSPS) is 33.8. The highest BCUT2D eigenvalue weighted by Gasteiger charge is 2.49. The second kappa shape index (κ2) is 11.7. The maximum Gasteiger partial charge on any atom is 0.305 e. The molecule has 0 amide bonds. The van der Waals surface area contributed by atoms with Gasteiger partial charge >= 0.3 is 5.97 Å². The Morgan fingerprint density at radius 1 is 1.32 bits per heavy atom. The number of carbonyl (C=O) groups excluding carboxylic acids is 1. The van der Waals surface area contributed by atoms with Crippen molar-refractivity contribution in [2.45, 2.75) is 99.0 Å². The molecule has 3 rings (SSSR count). The lowest BCUT2D eigenvalue weighted by atomic mass is 9.62. The molecule has 3 aliphatic rings. The molecule has 1 aliphatic heterocycles. The van der Waals surface area contributed by atoms with Crippen LogP contribution in [-0.4, -0.2) is 58.3 Å². The van der Waals surface area contributed by atoms with Crippen molar-refractivity contribution in [2.24, 2.45) is 17.3 Å². The molecular weight excluding hydrogens is 514 g/mol. The topological polar surface area (TPSA) is 76.0 Å². The number of hydrogen-bond acceptors (Lipinski definition) is 5. The first-order valence-electron chi connectivity index (χ1n) is 11.9. The fourth-order valence-electron chi connectivity index (χ4n) is 5.68. The van der Waals surface area contributed by atoms with E-state index in [9.17, 15) is 19.4 Å². The Balaban J connectivity index is 1.52. The van der Waals surface area contributed by atoms with E-state index in [2.05, 4.69) is 22.6 Å². The molecule has 7 heteroatoms. The Hall–Kier alpha value is -0.250. The van der Waals surface area contributed by atoms with E-state index in [1.165, 1.54) is 7.11 Å². The summed E-state index contributed by atoms with van der Waals surface area (Å²) >= 11 is 2.42. The summed E-state index contributed by atoms with van der Waals surface area (Å²) < 4.78 is 23.8. The van der Waals surface area contributed by atoms with Gasteiger partial charge in [0.1, 0.15) is 0 Å². The second-order valence-corrected chi connectivity index (χ2v) is 11.3. The number of methoxy groups -OCH3 is 1. The molecule has 178 valence electrons. The van der Waals surface area contributed by atoms with Crippen LogP contribution < -0.4 is 0 Å². The highest BCUT2D eigenvalue weighted by molar-refractivity contribution is 14.1. The van der Waals surface area contributed by atoms with Crippen molar-refractivity contribution in [2.75, 3.05) is 13.8 Å². The number of halogens is 2. The van der Waals surface area contributed by atoms with E-state index in [4.69, 9.17) is 9.47 Å². The highest BCUT2D eigenvalue weighted by Crippen LogP contribution is 2.49. The zero-order chi connectivity index (χ0) is 22.4. The number of ether oxygens (including phenoxy) is 2. The number of esters is 1. The molecule has 0 aromatic heterocycles. The SMILES string of the molecule is COC(=O)CCCC(I)C1C[C@@H]2[C@@H](C=C[C@@H](O)C3(CCCCF)CCC3)[C@H](O)C[C@H]2O1. The van der Waals surface area contributed by atoms with Crippen molar-refractivity contribution in [1.82, 2.24) is 0 Å². The van der Waals surface area contributed by atoms with Crippen LogP contribution in [0.5, 0.6) is 0 Å². The average molecular weight is 552 g/mol. The number of aliphatic hydroxyl groups excluding tert-OH is 2. The van der Waals surface area contributed by atoms with Crippen LogP contribution in [0.1, 0.15) is 70.6 Å². The molecule has 0 spiro atoms. The third-order valence-electron chi connectivity index (χ3n) is 7.79. The minimum absolute atomic E-state index is 0.00582. The van der Waals surface area contributed by atoms with Gasteiger partial charge in [0.2, 0.25) is 0 Å². The van der Waals surface area contributed by atoms with Gasteiger partial charge in [0.15, 0.2) is 0 Å². The predicted octanol–water partition coefficient (Wildman–Crippen LogP) is 4.52. The van der Waals surface area contributed by atoms with E-state index in [0.29, 0.717) is 23.2 Å². The fraction of sp³-hybridized carbons (Fsp3) is 0.875. The number of fused-ring (bicyclic) bond motifs is 1. The standard InChI is InChI=1S/C24H38FIO5/c1-30-23(29)7-4-6-18(26)21-14-17-16(19(27)15-20(17)31-21)8-9-22(28)24(11-5-12-24)10-2-3-13-25/h8-9,16-22,27-28H,2-7,10-15H2,1H3/t16-,17-,18?,19-,20-,21?,22-/m1/s1. The molecule has 1 saturated heterocycles. The van der Waals surface area contributed by atoms with Crippen LogP contribution in [0.25, 0.3) is 0 Å². The Morgan fingerprint density at radius 3 is 2.74 bits per heavy atom. The summed E-state index contributed by atoms with van der Waals surface area (Å²) in [5, 5.41) is 21.5. The summed E-state index contributed by atoms with van der Waals surface area (Å²) in [6.45, 7) is -0.291. The maximum atomic E-state index is 12.5. The summed E-state index contributed by atoms with van der Waals surface area (Å²) in [7, 11) is 1.41. The molecule has 2 aliphatic carbocycles. The van der Waals surface area contributed by atoms with Gasteiger partial charge in [-0.3, -0.25) is 9.18 Å². The van der Waals surface area contributed by atoms with Crippen LogP contribution in [-0.2, 0) is 14.3 Å².